The first-order valence-corrected chi connectivity index (χ1v) is 8.71. The van der Waals surface area contributed by atoms with Gasteiger partial charge in [0.15, 0.2) is 0 Å². The molecule has 1 aromatic rings. The number of aromatic nitrogens is 2. The minimum atomic E-state index is -0.483. The largest absolute Gasteiger partial charge is 0.471 e. The summed E-state index contributed by atoms with van der Waals surface area (Å²) in [6.07, 6.45) is 4.11. The average Bonchev–Trinajstić information content (AvgIpc) is 2.97. The average molecular weight is 384 g/mol. The van der Waals surface area contributed by atoms with Crippen molar-refractivity contribution < 1.29 is 14.3 Å². The lowest BCUT2D eigenvalue weighted by molar-refractivity contribution is 0.0180. The minimum Gasteiger partial charge on any atom is -0.471 e. The maximum atomic E-state index is 12.4. The van der Waals surface area contributed by atoms with E-state index >= 15 is 0 Å². The van der Waals surface area contributed by atoms with Gasteiger partial charge < -0.3 is 9.47 Å². The molecule has 0 N–H and O–H groups in total. The van der Waals surface area contributed by atoms with Crippen LogP contribution in [0.25, 0.3) is 0 Å². The Morgan fingerprint density at radius 1 is 1.39 bits per heavy atom. The van der Waals surface area contributed by atoms with Gasteiger partial charge in [0.2, 0.25) is 5.88 Å². The second-order valence-electron chi connectivity index (χ2n) is 7.16. The zero-order valence-electron chi connectivity index (χ0n) is 13.9. The lowest BCUT2D eigenvalue weighted by Gasteiger charge is -2.28. The van der Waals surface area contributed by atoms with Gasteiger partial charge in [-0.25, -0.2) is 14.8 Å². The molecular weight excluding hydrogens is 362 g/mol. The van der Waals surface area contributed by atoms with Crippen molar-refractivity contribution >= 4 is 22.0 Å². The van der Waals surface area contributed by atoms with Crippen LogP contribution in [-0.2, 0) is 4.74 Å². The topological polar surface area (TPSA) is 64.6 Å². The van der Waals surface area contributed by atoms with Gasteiger partial charge in [-0.2, -0.15) is 0 Å². The lowest BCUT2D eigenvalue weighted by Crippen LogP contribution is -2.42. The molecule has 2 aliphatic rings. The molecular formula is C16H22BrN3O3. The summed E-state index contributed by atoms with van der Waals surface area (Å²) in [7, 11) is 0. The minimum absolute atomic E-state index is 0.0459. The van der Waals surface area contributed by atoms with Crippen LogP contribution in [-0.4, -0.2) is 44.7 Å². The van der Waals surface area contributed by atoms with Crippen LogP contribution in [0.3, 0.4) is 0 Å². The summed E-state index contributed by atoms with van der Waals surface area (Å²) in [6, 6.07) is 0.253. The number of hydrogen-bond acceptors (Lipinski definition) is 5. The molecule has 2 fully saturated rings. The van der Waals surface area contributed by atoms with E-state index in [-0.39, 0.29) is 24.3 Å². The van der Waals surface area contributed by atoms with Crippen molar-refractivity contribution in [3.8, 4) is 5.88 Å². The van der Waals surface area contributed by atoms with Crippen molar-refractivity contribution in [2.24, 2.45) is 0 Å². The van der Waals surface area contributed by atoms with E-state index in [0.717, 1.165) is 25.0 Å². The summed E-state index contributed by atoms with van der Waals surface area (Å²) < 4.78 is 12.3. The van der Waals surface area contributed by atoms with Crippen LogP contribution >= 0.6 is 15.9 Å². The van der Waals surface area contributed by atoms with Crippen LogP contribution in [0.4, 0.5) is 4.79 Å². The summed E-state index contributed by atoms with van der Waals surface area (Å²) in [6.45, 7) is 7.53. The van der Waals surface area contributed by atoms with Gasteiger partial charge in [-0.15, -0.1) is 0 Å². The fraction of sp³-hybridized carbons (Fsp3) is 0.688. The highest BCUT2D eigenvalue weighted by molar-refractivity contribution is 9.10. The van der Waals surface area contributed by atoms with E-state index in [1.165, 1.54) is 0 Å². The summed E-state index contributed by atoms with van der Waals surface area (Å²) in [5.41, 5.74) is 0.259. The second-order valence-corrected chi connectivity index (χ2v) is 7.97. The number of fused-ring (bicyclic) bond motifs is 2. The van der Waals surface area contributed by atoms with Crippen LogP contribution < -0.4 is 4.74 Å². The standard InChI is InChI=1S/C16H22BrN3O3/c1-9-14(18-8-13(17)19-9)22-12-7-10-5-6-11(12)20(10)15(21)23-16(2,3)4/h8,10-12H,5-7H2,1-4H3/t10-,11+,12-/m0/s1. The first-order valence-electron chi connectivity index (χ1n) is 7.92. The molecule has 0 saturated carbocycles. The van der Waals surface area contributed by atoms with E-state index in [2.05, 4.69) is 25.9 Å². The predicted octanol–water partition coefficient (Wildman–Crippen LogP) is 3.47. The van der Waals surface area contributed by atoms with Gasteiger partial charge in [0.05, 0.1) is 12.2 Å². The molecule has 3 rings (SSSR count). The van der Waals surface area contributed by atoms with Gasteiger partial charge in [0, 0.05) is 12.5 Å². The first-order chi connectivity index (χ1) is 10.7. The van der Waals surface area contributed by atoms with Crippen molar-refractivity contribution in [3.63, 3.8) is 0 Å². The van der Waals surface area contributed by atoms with E-state index in [1.807, 2.05) is 32.6 Å². The summed E-state index contributed by atoms with van der Waals surface area (Å²) in [5, 5.41) is 0. The van der Waals surface area contributed by atoms with Crippen molar-refractivity contribution in [1.29, 1.82) is 0 Å². The first kappa shape index (κ1) is 16.5. The molecule has 7 heteroatoms. The Hall–Kier alpha value is -1.37. The van der Waals surface area contributed by atoms with Crippen molar-refractivity contribution in [1.82, 2.24) is 14.9 Å². The Bertz CT molecular complexity index is 617. The fourth-order valence-corrected chi connectivity index (χ4v) is 3.73. The highest BCUT2D eigenvalue weighted by Gasteiger charge is 2.51. The number of amides is 1. The smallest absolute Gasteiger partial charge is 0.410 e. The third-order valence-electron chi connectivity index (χ3n) is 4.22. The van der Waals surface area contributed by atoms with Gasteiger partial charge in [0.1, 0.15) is 22.0 Å². The maximum Gasteiger partial charge on any atom is 0.410 e. The maximum absolute atomic E-state index is 12.4. The number of halogens is 1. The number of carbonyl (C=O) groups is 1. The number of rotatable bonds is 2. The van der Waals surface area contributed by atoms with Crippen molar-refractivity contribution in [2.45, 2.75) is 70.7 Å². The highest BCUT2D eigenvalue weighted by Crippen LogP contribution is 2.40. The SMILES string of the molecule is Cc1nc(Br)cnc1O[C@H]1C[C@@H]2CC[C@H]1N2C(=O)OC(C)(C)C. The fourth-order valence-electron chi connectivity index (χ4n) is 3.36. The molecule has 1 amide bonds. The van der Waals surface area contributed by atoms with Crippen LogP contribution in [0, 0.1) is 6.92 Å². The molecule has 2 aliphatic heterocycles. The molecule has 3 heterocycles. The number of carbonyl (C=O) groups excluding carboxylic acids is 1. The Balaban J connectivity index is 1.71. The molecule has 0 unspecified atom stereocenters. The van der Waals surface area contributed by atoms with E-state index in [1.54, 1.807) is 6.20 Å². The molecule has 3 atom stereocenters. The van der Waals surface area contributed by atoms with Crippen LogP contribution in [0.15, 0.2) is 10.8 Å². The number of ether oxygens (including phenoxy) is 2. The number of aryl methyl sites for hydroxylation is 1. The summed E-state index contributed by atoms with van der Waals surface area (Å²) >= 11 is 3.30. The van der Waals surface area contributed by atoms with Crippen LogP contribution in [0.5, 0.6) is 5.88 Å². The molecule has 126 valence electrons. The number of nitrogens with zero attached hydrogens (tertiary/aromatic N) is 3. The van der Waals surface area contributed by atoms with Crippen LogP contribution in [0.1, 0.15) is 45.7 Å². The van der Waals surface area contributed by atoms with Crippen molar-refractivity contribution in [2.75, 3.05) is 0 Å². The molecule has 2 saturated heterocycles. The van der Waals surface area contributed by atoms with Crippen molar-refractivity contribution in [3.05, 3.63) is 16.5 Å². The van der Waals surface area contributed by atoms with E-state index < -0.39 is 5.60 Å². The van der Waals surface area contributed by atoms with Gasteiger partial charge >= 0.3 is 6.09 Å². The van der Waals surface area contributed by atoms with Crippen LogP contribution in [0.2, 0.25) is 0 Å². The lowest BCUT2D eigenvalue weighted by atomic mass is 9.98. The summed E-state index contributed by atoms with van der Waals surface area (Å²) in [5.74, 6) is 0.537. The van der Waals surface area contributed by atoms with E-state index in [0.29, 0.717) is 10.5 Å². The molecule has 0 spiro atoms. The quantitative estimate of drug-likeness (QED) is 0.781. The van der Waals surface area contributed by atoms with E-state index in [9.17, 15) is 4.79 Å². The monoisotopic (exact) mass is 383 g/mol. The Kier molecular flexibility index (Phi) is 4.25. The normalized spacial score (nSPS) is 26.5. The van der Waals surface area contributed by atoms with Gasteiger partial charge in [-0.3, -0.25) is 4.90 Å². The number of hydrogen-bond donors (Lipinski definition) is 0. The third kappa shape index (κ3) is 3.44. The third-order valence-corrected chi connectivity index (χ3v) is 4.60. The molecule has 0 radical (unpaired) electrons. The molecule has 6 nitrogen and oxygen atoms in total. The zero-order valence-corrected chi connectivity index (χ0v) is 15.5. The zero-order chi connectivity index (χ0) is 16.8. The van der Waals surface area contributed by atoms with Gasteiger partial charge in [-0.05, 0) is 56.5 Å². The highest BCUT2D eigenvalue weighted by atomic mass is 79.9. The second kappa shape index (κ2) is 5.92. The molecule has 2 bridgehead atoms. The molecule has 1 aromatic heterocycles. The Morgan fingerprint density at radius 2 is 2.13 bits per heavy atom. The Morgan fingerprint density at radius 3 is 2.78 bits per heavy atom. The van der Waals surface area contributed by atoms with Gasteiger partial charge in [0.25, 0.3) is 0 Å². The Labute approximate surface area is 144 Å². The molecule has 0 aliphatic carbocycles. The predicted molar refractivity (Wildman–Crippen MR) is 88.4 cm³/mol. The molecule has 0 aromatic carbocycles. The summed E-state index contributed by atoms with van der Waals surface area (Å²) in [4.78, 5) is 22.9. The molecule has 23 heavy (non-hydrogen) atoms. The van der Waals surface area contributed by atoms with Gasteiger partial charge in [-0.1, -0.05) is 0 Å². The van der Waals surface area contributed by atoms with E-state index in [4.69, 9.17) is 9.47 Å².